The fourth-order valence-corrected chi connectivity index (χ4v) is 2.53. The molecule has 1 aliphatic carbocycles. The summed E-state index contributed by atoms with van der Waals surface area (Å²) in [5, 5.41) is 0. The summed E-state index contributed by atoms with van der Waals surface area (Å²) in [6.07, 6.45) is 12.8. The van der Waals surface area contributed by atoms with Crippen molar-refractivity contribution in [3.8, 4) is 0 Å². The predicted molar refractivity (Wildman–Crippen MR) is 74.1 cm³/mol. The minimum Gasteiger partial charge on any atom is -0.295 e. The van der Waals surface area contributed by atoms with Crippen molar-refractivity contribution in [2.24, 2.45) is 5.41 Å². The number of hydrogen-bond donors (Lipinski definition) is 0. The van der Waals surface area contributed by atoms with Crippen molar-refractivity contribution < 1.29 is 4.79 Å². The van der Waals surface area contributed by atoms with Crippen LogP contribution in [-0.4, -0.2) is 5.78 Å². The van der Waals surface area contributed by atoms with Crippen molar-refractivity contribution in [1.29, 1.82) is 0 Å². The van der Waals surface area contributed by atoms with Gasteiger partial charge in [-0.25, -0.2) is 0 Å². The van der Waals surface area contributed by atoms with E-state index in [0.717, 1.165) is 24.8 Å². The summed E-state index contributed by atoms with van der Waals surface area (Å²) >= 11 is 0. The fraction of sp³-hybridized carbons (Fsp3) is 0.812. The van der Waals surface area contributed by atoms with Gasteiger partial charge in [0.2, 0.25) is 0 Å². The van der Waals surface area contributed by atoms with Crippen LogP contribution in [0.4, 0.5) is 0 Å². The van der Waals surface area contributed by atoms with Crippen LogP contribution >= 0.6 is 0 Å². The number of rotatable bonds is 7. The SMILES string of the molecule is CCCCCCCCC1=CC(C)(C)CCC1=O. The van der Waals surface area contributed by atoms with Crippen molar-refractivity contribution in [2.45, 2.75) is 78.6 Å². The Morgan fingerprint density at radius 1 is 1.12 bits per heavy atom. The second kappa shape index (κ2) is 6.98. The molecule has 0 amide bonds. The molecule has 0 N–H and O–H groups in total. The van der Waals surface area contributed by atoms with Crippen LogP contribution in [0.5, 0.6) is 0 Å². The molecule has 0 spiro atoms. The van der Waals surface area contributed by atoms with Crippen LogP contribution < -0.4 is 0 Å². The lowest BCUT2D eigenvalue weighted by Gasteiger charge is -2.26. The molecule has 0 aromatic heterocycles. The molecule has 0 saturated carbocycles. The fourth-order valence-electron chi connectivity index (χ4n) is 2.53. The van der Waals surface area contributed by atoms with Crippen LogP contribution in [0.2, 0.25) is 0 Å². The number of ketones is 1. The minimum atomic E-state index is 0.242. The van der Waals surface area contributed by atoms with Crippen molar-refractivity contribution in [3.63, 3.8) is 0 Å². The van der Waals surface area contributed by atoms with Gasteiger partial charge in [0.25, 0.3) is 0 Å². The molecule has 1 aliphatic rings. The molecule has 1 nitrogen and oxygen atoms in total. The van der Waals surface area contributed by atoms with Crippen molar-refractivity contribution in [3.05, 3.63) is 11.6 Å². The maximum absolute atomic E-state index is 11.8. The molecule has 1 heteroatoms. The van der Waals surface area contributed by atoms with Gasteiger partial charge < -0.3 is 0 Å². The number of carbonyl (C=O) groups is 1. The quantitative estimate of drug-likeness (QED) is 0.565. The van der Waals surface area contributed by atoms with Gasteiger partial charge in [-0.1, -0.05) is 59.0 Å². The second-order valence-corrected chi connectivity index (χ2v) is 6.10. The molecule has 0 aromatic carbocycles. The molecule has 0 atom stereocenters. The Bertz CT molecular complexity index is 273. The first-order chi connectivity index (χ1) is 8.05. The number of allylic oxidation sites excluding steroid dienone is 2. The van der Waals surface area contributed by atoms with E-state index in [-0.39, 0.29) is 5.41 Å². The molecule has 0 heterocycles. The molecule has 98 valence electrons. The molecule has 0 radical (unpaired) electrons. The van der Waals surface area contributed by atoms with Gasteiger partial charge in [0, 0.05) is 6.42 Å². The Morgan fingerprint density at radius 2 is 1.76 bits per heavy atom. The molecule has 0 bridgehead atoms. The van der Waals surface area contributed by atoms with Crippen molar-refractivity contribution in [2.75, 3.05) is 0 Å². The molecule has 1 rings (SSSR count). The van der Waals surface area contributed by atoms with E-state index >= 15 is 0 Å². The summed E-state index contributed by atoms with van der Waals surface area (Å²) in [4.78, 5) is 11.8. The largest absolute Gasteiger partial charge is 0.295 e. The van der Waals surface area contributed by atoms with Gasteiger partial charge in [-0.3, -0.25) is 4.79 Å². The van der Waals surface area contributed by atoms with E-state index in [1.54, 1.807) is 0 Å². The highest BCUT2D eigenvalue weighted by Gasteiger charge is 2.25. The van der Waals surface area contributed by atoms with Crippen LogP contribution in [0.15, 0.2) is 11.6 Å². The highest BCUT2D eigenvalue weighted by atomic mass is 16.1. The molecular weight excluding hydrogens is 208 g/mol. The highest BCUT2D eigenvalue weighted by Crippen LogP contribution is 2.33. The normalized spacial score (nSPS) is 19.2. The van der Waals surface area contributed by atoms with E-state index in [4.69, 9.17) is 0 Å². The number of unbranched alkanes of at least 4 members (excludes halogenated alkanes) is 5. The second-order valence-electron chi connectivity index (χ2n) is 6.10. The summed E-state index contributed by atoms with van der Waals surface area (Å²) in [6, 6.07) is 0. The van der Waals surface area contributed by atoms with Gasteiger partial charge >= 0.3 is 0 Å². The monoisotopic (exact) mass is 236 g/mol. The smallest absolute Gasteiger partial charge is 0.158 e. The minimum absolute atomic E-state index is 0.242. The highest BCUT2D eigenvalue weighted by molar-refractivity contribution is 5.96. The first kappa shape index (κ1) is 14.5. The van der Waals surface area contributed by atoms with Gasteiger partial charge in [0.1, 0.15) is 0 Å². The summed E-state index contributed by atoms with van der Waals surface area (Å²) in [7, 11) is 0. The Labute approximate surface area is 107 Å². The lowest BCUT2D eigenvalue weighted by molar-refractivity contribution is -0.116. The predicted octanol–water partition coefficient (Wildman–Crippen LogP) is 5.05. The Balaban J connectivity index is 2.25. The zero-order valence-electron chi connectivity index (χ0n) is 11.8. The van der Waals surface area contributed by atoms with Gasteiger partial charge in [0.15, 0.2) is 5.78 Å². The average Bonchev–Trinajstić information content (AvgIpc) is 2.28. The van der Waals surface area contributed by atoms with Crippen LogP contribution in [0.25, 0.3) is 0 Å². The molecule has 0 aliphatic heterocycles. The number of carbonyl (C=O) groups excluding carboxylic acids is 1. The first-order valence-corrected chi connectivity index (χ1v) is 7.30. The van der Waals surface area contributed by atoms with Gasteiger partial charge in [-0.05, 0) is 30.3 Å². The van der Waals surface area contributed by atoms with E-state index in [0.29, 0.717) is 5.78 Å². The summed E-state index contributed by atoms with van der Waals surface area (Å²) in [6.45, 7) is 6.72. The number of hydrogen-bond acceptors (Lipinski definition) is 1. The zero-order valence-corrected chi connectivity index (χ0v) is 11.8. The van der Waals surface area contributed by atoms with E-state index in [9.17, 15) is 4.79 Å². The Morgan fingerprint density at radius 3 is 2.47 bits per heavy atom. The van der Waals surface area contributed by atoms with E-state index in [1.165, 1.54) is 38.5 Å². The van der Waals surface area contributed by atoms with Crippen LogP contribution in [0.1, 0.15) is 78.6 Å². The van der Waals surface area contributed by atoms with Gasteiger partial charge in [-0.15, -0.1) is 0 Å². The topological polar surface area (TPSA) is 17.1 Å². The summed E-state index contributed by atoms with van der Waals surface area (Å²) in [5.74, 6) is 0.401. The van der Waals surface area contributed by atoms with Crippen LogP contribution in [0.3, 0.4) is 0 Å². The maximum Gasteiger partial charge on any atom is 0.158 e. The average molecular weight is 236 g/mol. The third-order valence-corrected chi connectivity index (χ3v) is 3.72. The standard InChI is InChI=1S/C16H28O/c1-4-5-6-7-8-9-10-14-13-16(2,3)12-11-15(14)17/h13H,4-12H2,1-3H3. The van der Waals surface area contributed by atoms with E-state index < -0.39 is 0 Å². The molecule has 0 fully saturated rings. The van der Waals surface area contributed by atoms with Crippen LogP contribution in [-0.2, 0) is 4.79 Å². The summed E-state index contributed by atoms with van der Waals surface area (Å²) in [5.41, 5.74) is 1.35. The lowest BCUT2D eigenvalue weighted by atomic mass is 9.78. The first-order valence-electron chi connectivity index (χ1n) is 7.30. The molecule has 0 unspecified atom stereocenters. The third kappa shape index (κ3) is 5.52. The van der Waals surface area contributed by atoms with Crippen molar-refractivity contribution in [1.82, 2.24) is 0 Å². The molecule has 0 saturated heterocycles. The van der Waals surface area contributed by atoms with Gasteiger partial charge in [-0.2, -0.15) is 0 Å². The Hall–Kier alpha value is -0.590. The Kier molecular flexibility index (Phi) is 5.94. The zero-order chi connectivity index (χ0) is 12.7. The maximum atomic E-state index is 11.8. The summed E-state index contributed by atoms with van der Waals surface area (Å²) < 4.78 is 0. The van der Waals surface area contributed by atoms with Gasteiger partial charge in [0.05, 0.1) is 0 Å². The third-order valence-electron chi connectivity index (χ3n) is 3.72. The van der Waals surface area contributed by atoms with Crippen LogP contribution in [0, 0.1) is 5.41 Å². The molecular formula is C16H28O. The lowest BCUT2D eigenvalue weighted by Crippen LogP contribution is -2.19. The van der Waals surface area contributed by atoms with E-state index in [2.05, 4.69) is 26.8 Å². The van der Waals surface area contributed by atoms with Crippen molar-refractivity contribution >= 4 is 5.78 Å². The van der Waals surface area contributed by atoms with E-state index in [1.807, 2.05) is 0 Å². The molecule has 17 heavy (non-hydrogen) atoms. The molecule has 0 aromatic rings. The number of Topliss-reactive ketones (excluding diaryl/α,β-unsaturated/α-hetero) is 1.